The first-order valence-corrected chi connectivity index (χ1v) is 16.0. The number of hydrogen-bond donors (Lipinski definition) is 5. The van der Waals surface area contributed by atoms with Crippen LogP contribution in [-0.2, 0) is 11.2 Å². The van der Waals surface area contributed by atoms with Crippen LogP contribution < -0.4 is 9.64 Å². The number of aromatic nitrogens is 2. The molecule has 2 aliphatic heterocycles. The van der Waals surface area contributed by atoms with E-state index in [1.165, 1.54) is 6.07 Å². The van der Waals surface area contributed by atoms with Gasteiger partial charge in [0.05, 0.1) is 43.2 Å². The zero-order valence-corrected chi connectivity index (χ0v) is 26.2. The zero-order valence-electron chi connectivity index (χ0n) is 25.4. The van der Waals surface area contributed by atoms with E-state index in [0.29, 0.717) is 55.0 Å². The maximum Gasteiger partial charge on any atom is 0.227 e. The van der Waals surface area contributed by atoms with Crippen LogP contribution in [0.3, 0.4) is 0 Å². The van der Waals surface area contributed by atoms with Crippen molar-refractivity contribution in [3.05, 3.63) is 47.0 Å². The molecule has 0 unspecified atom stereocenters. The predicted molar refractivity (Wildman–Crippen MR) is 166 cm³/mol. The molecule has 1 aromatic carbocycles. The van der Waals surface area contributed by atoms with E-state index in [-0.39, 0.29) is 18.9 Å². The van der Waals surface area contributed by atoms with Gasteiger partial charge >= 0.3 is 0 Å². The van der Waals surface area contributed by atoms with Crippen molar-refractivity contribution in [3.63, 3.8) is 0 Å². The van der Waals surface area contributed by atoms with E-state index in [2.05, 4.69) is 14.9 Å². The van der Waals surface area contributed by atoms with Crippen LogP contribution in [0.5, 0.6) is 5.75 Å². The Morgan fingerprint density at radius 1 is 0.978 bits per heavy atom. The maximum absolute atomic E-state index is 14.8. The molecular weight excluding hydrogens is 609 g/mol. The van der Waals surface area contributed by atoms with Gasteiger partial charge in [0.2, 0.25) is 11.9 Å². The van der Waals surface area contributed by atoms with Gasteiger partial charge in [-0.15, -0.1) is 0 Å². The second-order valence-corrected chi connectivity index (χ2v) is 12.3. The molecule has 5 N–H and O–H groups in total. The Hall–Kier alpha value is -2.65. The predicted octanol–water partition coefficient (Wildman–Crippen LogP) is 0.857. The van der Waals surface area contributed by atoms with Gasteiger partial charge in [-0.3, -0.25) is 9.69 Å². The lowest BCUT2D eigenvalue weighted by Gasteiger charge is -2.37. The highest BCUT2D eigenvalue weighted by atomic mass is 35.5. The molecular formula is C31H45ClFN5O7. The number of halogens is 2. The number of piperidine rings is 1. The third kappa shape index (κ3) is 10.4. The minimum Gasteiger partial charge on any atom is -0.493 e. The Morgan fingerprint density at radius 2 is 1.64 bits per heavy atom. The second-order valence-electron chi connectivity index (χ2n) is 11.9. The van der Waals surface area contributed by atoms with Gasteiger partial charge in [-0.1, -0.05) is 24.1 Å². The van der Waals surface area contributed by atoms with Gasteiger partial charge in [0, 0.05) is 51.9 Å². The van der Waals surface area contributed by atoms with Crippen LogP contribution in [-0.4, -0.2) is 135 Å². The summed E-state index contributed by atoms with van der Waals surface area (Å²) >= 11 is 5.88. The molecule has 14 heteroatoms. The monoisotopic (exact) mass is 653 g/mol. The second kappa shape index (κ2) is 17.3. The molecule has 0 saturated carbocycles. The summed E-state index contributed by atoms with van der Waals surface area (Å²) in [5, 5.41) is 48.9. The maximum atomic E-state index is 14.8. The summed E-state index contributed by atoms with van der Waals surface area (Å²) < 4.78 is 20.6. The van der Waals surface area contributed by atoms with E-state index in [0.717, 1.165) is 51.1 Å². The van der Waals surface area contributed by atoms with Crippen LogP contribution >= 0.6 is 11.6 Å². The van der Waals surface area contributed by atoms with Crippen molar-refractivity contribution in [1.29, 1.82) is 0 Å². The van der Waals surface area contributed by atoms with Crippen LogP contribution in [0.2, 0.25) is 5.02 Å². The van der Waals surface area contributed by atoms with Gasteiger partial charge in [0.15, 0.2) is 0 Å². The molecule has 0 radical (unpaired) electrons. The molecule has 2 aromatic rings. The Labute approximate surface area is 268 Å². The van der Waals surface area contributed by atoms with E-state index < -0.39 is 36.8 Å². The third-order valence-electron chi connectivity index (χ3n) is 8.64. The first kappa shape index (κ1) is 35.2. The topological polar surface area (TPSA) is 163 Å². The van der Waals surface area contributed by atoms with Crippen molar-refractivity contribution in [1.82, 2.24) is 19.8 Å². The highest BCUT2D eigenvalue weighted by Crippen LogP contribution is 2.25. The summed E-state index contributed by atoms with van der Waals surface area (Å²) in [4.78, 5) is 27.1. The zero-order chi connectivity index (χ0) is 32.3. The summed E-state index contributed by atoms with van der Waals surface area (Å²) in [7, 11) is 0. The first-order chi connectivity index (χ1) is 21.6. The molecule has 3 heterocycles. The number of unbranched alkanes of at least 4 members (excludes halogenated alkanes) is 1. The van der Waals surface area contributed by atoms with Gasteiger partial charge in [-0.05, 0) is 43.2 Å². The normalized spacial score (nSPS) is 19.3. The van der Waals surface area contributed by atoms with Crippen molar-refractivity contribution in [2.24, 2.45) is 5.92 Å². The Kier molecular flexibility index (Phi) is 13.5. The van der Waals surface area contributed by atoms with Gasteiger partial charge in [-0.25, -0.2) is 14.4 Å². The lowest BCUT2D eigenvalue weighted by Crippen LogP contribution is -2.54. The largest absolute Gasteiger partial charge is 0.493 e. The fraction of sp³-hybridized carbons (Fsp3) is 0.645. The SMILES string of the molecule is O=C(Cc1ccc(OCCCCC2CCN(c3ncc(Cl)cn3)CC2)cc1F)N1CCN(C[C@H](O)[C@@H](O)[C@H](O)[C@H](O)CO)CC1. The number of carbonyl (C=O) groups is 1. The quantitative estimate of drug-likeness (QED) is 0.173. The highest BCUT2D eigenvalue weighted by molar-refractivity contribution is 6.30. The number of aliphatic hydroxyl groups excluding tert-OH is 5. The average molecular weight is 654 g/mol. The number of nitrogens with zero attached hydrogens (tertiary/aromatic N) is 5. The van der Waals surface area contributed by atoms with Gasteiger partial charge in [0.1, 0.15) is 29.9 Å². The number of benzene rings is 1. The molecule has 250 valence electrons. The summed E-state index contributed by atoms with van der Waals surface area (Å²) in [6, 6.07) is 4.60. The number of piperazine rings is 1. The van der Waals surface area contributed by atoms with E-state index >= 15 is 0 Å². The number of rotatable bonds is 15. The number of aliphatic hydroxyl groups is 5. The molecule has 0 spiro atoms. The third-order valence-corrected chi connectivity index (χ3v) is 8.84. The molecule has 1 amide bonds. The van der Waals surface area contributed by atoms with Crippen molar-refractivity contribution in [2.45, 2.75) is 62.9 Å². The smallest absolute Gasteiger partial charge is 0.227 e. The molecule has 12 nitrogen and oxygen atoms in total. The number of β-amino-alcohol motifs (C(OH)–C–C–N with tert-alkyl or cyclic N) is 1. The Bertz CT molecular complexity index is 1200. The van der Waals surface area contributed by atoms with Crippen molar-refractivity contribution in [2.75, 3.05) is 63.9 Å². The standard InChI is InChI=1S/C31H45ClFN5O7/c32-23-17-34-31(35-18-23)38-8-6-21(7-9-38)3-1-2-14-45-24-5-4-22(25(33)16-24)15-28(42)37-12-10-36(11-13-37)19-26(40)29(43)30(44)27(41)20-39/h4-5,16-18,21,26-27,29-30,39-41,43-44H,1-3,6-15,19-20H2/t26-,27+,29+,30+/m0/s1. The number of anilines is 1. The number of amides is 1. The summed E-state index contributed by atoms with van der Waals surface area (Å²) in [5.74, 6) is 1.11. The fourth-order valence-corrected chi connectivity index (χ4v) is 5.86. The van der Waals surface area contributed by atoms with Crippen LogP contribution in [0.1, 0.15) is 37.7 Å². The van der Waals surface area contributed by atoms with Crippen LogP contribution in [0.4, 0.5) is 10.3 Å². The highest BCUT2D eigenvalue weighted by Gasteiger charge is 2.32. The average Bonchev–Trinajstić information content (AvgIpc) is 3.05. The number of ether oxygens (including phenoxy) is 1. The molecule has 2 fully saturated rings. The van der Waals surface area contributed by atoms with Crippen molar-refractivity contribution < 1.29 is 39.5 Å². The van der Waals surface area contributed by atoms with Gasteiger partial charge < -0.3 is 40.1 Å². The molecule has 1 aromatic heterocycles. The molecule has 4 atom stereocenters. The molecule has 2 aliphatic rings. The minimum atomic E-state index is -1.68. The summed E-state index contributed by atoms with van der Waals surface area (Å²) in [5.41, 5.74) is 0.292. The Balaban J connectivity index is 1.10. The first-order valence-electron chi connectivity index (χ1n) is 15.6. The molecule has 4 rings (SSSR count). The molecule has 0 aliphatic carbocycles. The molecule has 2 saturated heterocycles. The van der Waals surface area contributed by atoms with E-state index in [1.54, 1.807) is 29.4 Å². The number of carbonyl (C=O) groups excluding carboxylic acids is 1. The molecule has 45 heavy (non-hydrogen) atoms. The summed E-state index contributed by atoms with van der Waals surface area (Å²) in [6.45, 7) is 3.18. The summed E-state index contributed by atoms with van der Waals surface area (Å²) in [6.07, 6.45) is 2.12. The van der Waals surface area contributed by atoms with Crippen LogP contribution in [0.15, 0.2) is 30.6 Å². The van der Waals surface area contributed by atoms with Crippen molar-refractivity contribution >= 4 is 23.5 Å². The lowest BCUT2D eigenvalue weighted by atomic mass is 9.92. The van der Waals surface area contributed by atoms with Gasteiger partial charge in [-0.2, -0.15) is 0 Å². The lowest BCUT2D eigenvalue weighted by molar-refractivity contribution is -0.134. The Morgan fingerprint density at radius 3 is 2.29 bits per heavy atom. The van der Waals surface area contributed by atoms with E-state index in [9.17, 15) is 29.6 Å². The molecule has 0 bridgehead atoms. The van der Waals surface area contributed by atoms with E-state index in [4.69, 9.17) is 21.4 Å². The number of hydrogen-bond acceptors (Lipinski definition) is 11. The fourth-order valence-electron chi connectivity index (χ4n) is 5.77. The van der Waals surface area contributed by atoms with Crippen molar-refractivity contribution in [3.8, 4) is 5.75 Å². The van der Waals surface area contributed by atoms with Crippen LogP contribution in [0.25, 0.3) is 0 Å². The minimum absolute atomic E-state index is 0.0226. The van der Waals surface area contributed by atoms with Crippen LogP contribution in [0, 0.1) is 11.7 Å². The van der Waals surface area contributed by atoms with E-state index in [1.807, 2.05) is 4.90 Å². The van der Waals surface area contributed by atoms with Gasteiger partial charge in [0.25, 0.3) is 0 Å².